The van der Waals surface area contributed by atoms with Crippen LogP contribution in [0.5, 0.6) is 5.75 Å². The Balaban J connectivity index is 1.41. The third-order valence-corrected chi connectivity index (χ3v) is 11.9. The zero-order valence-electron chi connectivity index (χ0n) is 26.8. The standard InChI is InChI=1S/C35H43N5O5S/c1-38(2)46(43,44)37-34(41)23-11-13-29-30(18-23)40-21-26(35(42)39-15-7-10-24-19-36-20-31(24)39)16-25-17-27(45-3)12-14-28(25)33(40)32(29)22-8-5-4-6-9-22/h11-14,16-18,22,24,31,36H,4-10,15,19-21H2,1-3H3,(H,37,41)/t24-,31+/m0/s1. The molecule has 244 valence electrons. The maximum absolute atomic E-state index is 14.5. The summed E-state index contributed by atoms with van der Waals surface area (Å²) in [7, 11) is 0.447. The average molecular weight is 646 g/mol. The lowest BCUT2D eigenvalue weighted by Gasteiger charge is -2.37. The second-order valence-corrected chi connectivity index (χ2v) is 15.3. The summed E-state index contributed by atoms with van der Waals surface area (Å²) in [6.45, 7) is 2.84. The molecule has 2 aromatic carbocycles. The molecular formula is C35H43N5O5S. The van der Waals surface area contributed by atoms with Crippen molar-refractivity contribution in [2.75, 3.05) is 40.8 Å². The normalized spacial score (nSPS) is 21.7. The molecule has 4 heterocycles. The van der Waals surface area contributed by atoms with Crippen LogP contribution >= 0.6 is 0 Å². The van der Waals surface area contributed by atoms with Crippen molar-refractivity contribution in [2.45, 2.75) is 63.5 Å². The highest BCUT2D eigenvalue weighted by atomic mass is 32.2. The molecule has 3 aliphatic heterocycles. The van der Waals surface area contributed by atoms with E-state index < -0.39 is 16.1 Å². The van der Waals surface area contributed by atoms with E-state index in [0.717, 1.165) is 95.9 Å². The third-order valence-electron chi connectivity index (χ3n) is 10.5. The van der Waals surface area contributed by atoms with E-state index in [4.69, 9.17) is 4.74 Å². The summed E-state index contributed by atoms with van der Waals surface area (Å²) in [5.74, 6) is 0.888. The van der Waals surface area contributed by atoms with Gasteiger partial charge in [0.1, 0.15) is 5.75 Å². The Bertz CT molecular complexity index is 1840. The lowest BCUT2D eigenvalue weighted by Crippen LogP contribution is -2.49. The van der Waals surface area contributed by atoms with Gasteiger partial charge < -0.3 is 19.5 Å². The topological polar surface area (TPSA) is 113 Å². The van der Waals surface area contributed by atoms with Gasteiger partial charge in [0, 0.05) is 67.4 Å². The number of amides is 2. The number of carbonyl (C=O) groups excluding carboxylic acids is 2. The molecule has 7 rings (SSSR count). The van der Waals surface area contributed by atoms with Crippen LogP contribution in [0.2, 0.25) is 0 Å². The second-order valence-electron chi connectivity index (χ2n) is 13.4. The number of benzene rings is 2. The molecule has 2 saturated heterocycles. The first-order valence-electron chi connectivity index (χ1n) is 16.5. The predicted molar refractivity (Wildman–Crippen MR) is 179 cm³/mol. The molecule has 10 nitrogen and oxygen atoms in total. The van der Waals surface area contributed by atoms with Crippen molar-refractivity contribution in [3.8, 4) is 17.0 Å². The van der Waals surface area contributed by atoms with E-state index in [9.17, 15) is 18.0 Å². The highest BCUT2D eigenvalue weighted by molar-refractivity contribution is 7.87. The highest BCUT2D eigenvalue weighted by Gasteiger charge is 2.39. The Kier molecular flexibility index (Phi) is 8.19. The van der Waals surface area contributed by atoms with Gasteiger partial charge in [-0.1, -0.05) is 25.3 Å². The summed E-state index contributed by atoms with van der Waals surface area (Å²) in [5, 5.41) is 4.54. The molecule has 1 aromatic heterocycles. The molecule has 0 unspecified atom stereocenters. The van der Waals surface area contributed by atoms with E-state index in [0.29, 0.717) is 24.0 Å². The maximum atomic E-state index is 14.5. The molecule has 0 spiro atoms. The summed E-state index contributed by atoms with van der Waals surface area (Å²) in [5.41, 5.74) is 6.05. The molecule has 2 amide bonds. The minimum Gasteiger partial charge on any atom is -0.497 e. The van der Waals surface area contributed by atoms with Crippen LogP contribution in [0.3, 0.4) is 0 Å². The fourth-order valence-corrected chi connectivity index (χ4v) is 8.62. The van der Waals surface area contributed by atoms with Gasteiger partial charge in [-0.15, -0.1) is 0 Å². The lowest BCUT2D eigenvalue weighted by molar-refractivity contribution is -0.131. The van der Waals surface area contributed by atoms with Crippen molar-refractivity contribution in [3.63, 3.8) is 0 Å². The van der Waals surface area contributed by atoms with E-state index >= 15 is 0 Å². The first-order valence-corrected chi connectivity index (χ1v) is 17.9. The van der Waals surface area contributed by atoms with E-state index in [1.54, 1.807) is 19.2 Å². The molecule has 46 heavy (non-hydrogen) atoms. The van der Waals surface area contributed by atoms with Crippen LogP contribution in [0, 0.1) is 5.92 Å². The number of nitrogens with one attached hydrogen (secondary N) is 2. The number of aromatic nitrogens is 1. The number of hydrogen-bond donors (Lipinski definition) is 2. The molecule has 3 fully saturated rings. The Labute approximate surface area is 270 Å². The molecular weight excluding hydrogens is 602 g/mol. The van der Waals surface area contributed by atoms with Gasteiger partial charge in [0.25, 0.3) is 11.8 Å². The Morgan fingerprint density at radius 2 is 1.80 bits per heavy atom. The molecule has 0 bridgehead atoms. The number of hydrogen-bond acceptors (Lipinski definition) is 6. The number of nitrogens with zero attached hydrogens (tertiary/aromatic N) is 3. The lowest BCUT2D eigenvalue weighted by atomic mass is 9.81. The number of rotatable bonds is 6. The van der Waals surface area contributed by atoms with Crippen molar-refractivity contribution in [1.82, 2.24) is 23.8 Å². The number of methoxy groups -OCH3 is 1. The van der Waals surface area contributed by atoms with E-state index in [-0.39, 0.29) is 17.5 Å². The van der Waals surface area contributed by atoms with Crippen LogP contribution in [0.25, 0.3) is 28.2 Å². The SMILES string of the molecule is COc1ccc2c(c1)C=C(C(=O)N1CCC[C@H]3CNC[C@H]31)Cn1c-2c(C2CCCCC2)c2ccc(C(=O)NS(=O)(=O)N(C)C)cc21. The van der Waals surface area contributed by atoms with Crippen molar-refractivity contribution in [2.24, 2.45) is 5.92 Å². The minimum absolute atomic E-state index is 0.0482. The summed E-state index contributed by atoms with van der Waals surface area (Å²) in [6, 6.07) is 11.7. The Morgan fingerprint density at radius 1 is 1.00 bits per heavy atom. The van der Waals surface area contributed by atoms with Crippen molar-refractivity contribution in [1.29, 1.82) is 0 Å². The quantitative estimate of drug-likeness (QED) is 0.408. The Hall–Kier alpha value is -3.67. The van der Waals surface area contributed by atoms with Gasteiger partial charge in [0.05, 0.1) is 19.3 Å². The third kappa shape index (κ3) is 5.42. The molecule has 2 atom stereocenters. The second kappa shape index (κ2) is 12.2. The number of likely N-dealkylation sites (tertiary alicyclic amines) is 1. The average Bonchev–Trinajstić information content (AvgIpc) is 3.62. The number of carbonyl (C=O) groups is 2. The van der Waals surface area contributed by atoms with E-state index in [1.165, 1.54) is 26.1 Å². The van der Waals surface area contributed by atoms with Crippen molar-refractivity contribution in [3.05, 3.63) is 58.7 Å². The van der Waals surface area contributed by atoms with Gasteiger partial charge >= 0.3 is 10.2 Å². The van der Waals surface area contributed by atoms with Gasteiger partial charge in [-0.25, -0.2) is 4.72 Å². The van der Waals surface area contributed by atoms with E-state index in [2.05, 4.69) is 25.6 Å². The van der Waals surface area contributed by atoms with Crippen LogP contribution in [0.4, 0.5) is 0 Å². The van der Waals surface area contributed by atoms with Gasteiger partial charge in [0.2, 0.25) is 0 Å². The molecule has 0 radical (unpaired) electrons. The molecule has 3 aromatic rings. The van der Waals surface area contributed by atoms with Crippen LogP contribution in [-0.4, -0.2) is 80.9 Å². The number of ether oxygens (including phenoxy) is 1. The van der Waals surface area contributed by atoms with Crippen LogP contribution < -0.4 is 14.8 Å². The molecule has 2 N–H and O–H groups in total. The van der Waals surface area contributed by atoms with Crippen molar-refractivity contribution >= 4 is 39.0 Å². The summed E-state index contributed by atoms with van der Waals surface area (Å²) >= 11 is 0. The minimum atomic E-state index is -3.97. The van der Waals surface area contributed by atoms with Crippen molar-refractivity contribution < 1.29 is 22.7 Å². The zero-order chi connectivity index (χ0) is 32.2. The van der Waals surface area contributed by atoms with Gasteiger partial charge in [-0.2, -0.15) is 12.7 Å². The first kappa shape index (κ1) is 31.0. The smallest absolute Gasteiger partial charge is 0.303 e. The highest BCUT2D eigenvalue weighted by Crippen LogP contribution is 2.47. The van der Waals surface area contributed by atoms with E-state index in [1.807, 2.05) is 24.3 Å². The van der Waals surface area contributed by atoms with Crippen LogP contribution in [0.15, 0.2) is 42.0 Å². The van der Waals surface area contributed by atoms with Gasteiger partial charge in [-0.05, 0) is 85.1 Å². The molecule has 1 saturated carbocycles. The predicted octanol–water partition coefficient (Wildman–Crippen LogP) is 4.51. The van der Waals surface area contributed by atoms with Crippen LogP contribution in [-0.2, 0) is 21.5 Å². The maximum Gasteiger partial charge on any atom is 0.303 e. The summed E-state index contributed by atoms with van der Waals surface area (Å²) in [6.07, 6.45) is 9.83. The fourth-order valence-electron chi connectivity index (χ4n) is 8.08. The first-order chi connectivity index (χ1) is 22.2. The van der Waals surface area contributed by atoms with Gasteiger partial charge in [0.15, 0.2) is 0 Å². The van der Waals surface area contributed by atoms with Crippen LogP contribution in [0.1, 0.15) is 72.3 Å². The largest absolute Gasteiger partial charge is 0.497 e. The monoisotopic (exact) mass is 645 g/mol. The number of piperidine rings is 1. The zero-order valence-corrected chi connectivity index (χ0v) is 27.7. The summed E-state index contributed by atoms with van der Waals surface area (Å²) in [4.78, 5) is 29.9. The number of fused-ring (bicyclic) bond motifs is 6. The summed E-state index contributed by atoms with van der Waals surface area (Å²) < 4.78 is 36.1. The van der Waals surface area contributed by atoms with Gasteiger partial charge in [-0.3, -0.25) is 9.59 Å². The Morgan fingerprint density at radius 3 is 2.57 bits per heavy atom. The molecule has 1 aliphatic carbocycles. The fraction of sp³-hybridized carbons (Fsp3) is 0.486. The molecule has 4 aliphatic rings. The molecule has 11 heteroatoms.